The van der Waals surface area contributed by atoms with Crippen molar-refractivity contribution in [3.8, 4) is 6.01 Å². The highest BCUT2D eigenvalue weighted by atomic mass is 35.5. The van der Waals surface area contributed by atoms with E-state index in [-0.39, 0.29) is 36.0 Å². The van der Waals surface area contributed by atoms with Crippen LogP contribution in [0.1, 0.15) is 49.5 Å². The van der Waals surface area contributed by atoms with Crippen LogP contribution in [-0.2, 0) is 20.3 Å². The number of alkyl carbamates (subject to hydrolysis) is 1. The van der Waals surface area contributed by atoms with Crippen molar-refractivity contribution in [2.75, 3.05) is 36.1 Å². The SMILES string of the molecule is CC(C)(C)COC(=O)NCCS(=O)(=O)NC(=O)c1ccc(Nc2nc(NC3(c4ccc(Cl)cc4)CC3)nc(OCC(F)(F)F)n2)cc1. The molecule has 0 atom stereocenters. The number of hydrogen-bond donors (Lipinski definition) is 4. The number of hydrogen-bond acceptors (Lipinski definition) is 11. The quantitative estimate of drug-likeness (QED) is 0.186. The van der Waals surface area contributed by atoms with Crippen LogP contribution in [0.25, 0.3) is 0 Å². The van der Waals surface area contributed by atoms with Crippen molar-refractivity contribution in [3.63, 3.8) is 0 Å². The van der Waals surface area contributed by atoms with Crippen LogP contribution in [0.5, 0.6) is 6.01 Å². The lowest BCUT2D eigenvalue weighted by Crippen LogP contribution is -2.38. The van der Waals surface area contributed by atoms with E-state index in [9.17, 15) is 31.2 Å². The largest absolute Gasteiger partial charge is 0.454 e. The van der Waals surface area contributed by atoms with Crippen molar-refractivity contribution >= 4 is 51.2 Å². The van der Waals surface area contributed by atoms with Gasteiger partial charge >= 0.3 is 18.3 Å². The topological polar surface area (TPSA) is 174 Å². The van der Waals surface area contributed by atoms with Crippen LogP contribution >= 0.6 is 11.6 Å². The Balaban J connectivity index is 1.40. The number of alkyl halides is 3. The number of aromatic nitrogens is 3. The van der Waals surface area contributed by atoms with Crippen LogP contribution < -0.4 is 25.4 Å². The molecule has 4 rings (SSSR count). The minimum Gasteiger partial charge on any atom is -0.454 e. The number of nitrogens with one attached hydrogen (secondary N) is 4. The number of benzene rings is 2. The van der Waals surface area contributed by atoms with Gasteiger partial charge in [0.2, 0.25) is 21.9 Å². The second kappa shape index (κ2) is 14.2. The number of carbonyl (C=O) groups excluding carboxylic acids is 2. The van der Waals surface area contributed by atoms with E-state index in [1.165, 1.54) is 24.3 Å². The standard InChI is InChI=1S/C29H33ClF3N7O6S/c1-27(2,3)16-46-26(42)34-14-15-47(43,44)40-22(41)18-4-10-21(11-5-18)35-23-36-24(38-25(37-23)45-17-29(31,32)33)39-28(12-13-28)19-6-8-20(30)9-7-19/h4-11H,12-17H2,1-3H3,(H,34,42)(H,40,41)(H2,35,36,37,38,39). The molecule has 0 saturated heterocycles. The number of nitrogens with zero attached hydrogens (tertiary/aromatic N) is 3. The van der Waals surface area contributed by atoms with Crippen molar-refractivity contribution in [1.29, 1.82) is 0 Å². The molecule has 1 fully saturated rings. The van der Waals surface area contributed by atoms with Gasteiger partial charge in [-0.25, -0.2) is 17.9 Å². The van der Waals surface area contributed by atoms with Crippen molar-refractivity contribution < 1.29 is 40.7 Å². The summed E-state index contributed by atoms with van der Waals surface area (Å²) in [4.78, 5) is 36.5. The summed E-state index contributed by atoms with van der Waals surface area (Å²) in [5.41, 5.74) is 0.383. The highest BCUT2D eigenvalue weighted by Gasteiger charge is 2.45. The molecule has 1 heterocycles. The maximum Gasteiger partial charge on any atom is 0.422 e. The molecule has 1 saturated carbocycles. The summed E-state index contributed by atoms with van der Waals surface area (Å²) >= 11 is 6.00. The molecular weight excluding hydrogens is 667 g/mol. The normalized spacial score (nSPS) is 14.1. The third kappa shape index (κ3) is 11.4. The summed E-state index contributed by atoms with van der Waals surface area (Å²) < 4.78 is 75.0. The molecule has 2 amide bonds. The number of halogens is 4. The zero-order chi connectivity index (χ0) is 34.5. The fourth-order valence-corrected chi connectivity index (χ4v) is 4.98. The minimum atomic E-state index is -4.63. The first-order chi connectivity index (χ1) is 21.9. The molecule has 1 aliphatic rings. The number of carbonyl (C=O) groups is 2. The molecule has 18 heteroatoms. The summed E-state index contributed by atoms with van der Waals surface area (Å²) in [5, 5.41) is 8.85. The fourth-order valence-electron chi connectivity index (χ4n) is 3.98. The van der Waals surface area contributed by atoms with Crippen molar-refractivity contribution in [2.24, 2.45) is 5.41 Å². The molecule has 0 aliphatic heterocycles. The van der Waals surface area contributed by atoms with E-state index in [0.717, 1.165) is 5.56 Å². The van der Waals surface area contributed by atoms with Crippen LogP contribution in [-0.4, -0.2) is 67.1 Å². The molecule has 47 heavy (non-hydrogen) atoms. The first-order valence-corrected chi connectivity index (χ1v) is 16.3. The average molecular weight is 700 g/mol. The molecule has 0 radical (unpaired) electrons. The summed E-state index contributed by atoms with van der Waals surface area (Å²) in [6.07, 6.45) is -3.99. The van der Waals surface area contributed by atoms with Gasteiger partial charge < -0.3 is 25.4 Å². The number of ether oxygens (including phenoxy) is 2. The first kappa shape index (κ1) is 35.5. The van der Waals surface area contributed by atoms with Crippen LogP contribution in [0, 0.1) is 5.41 Å². The number of amides is 2. The van der Waals surface area contributed by atoms with Crippen LogP contribution in [0.15, 0.2) is 48.5 Å². The summed E-state index contributed by atoms with van der Waals surface area (Å²) in [7, 11) is -4.10. The van der Waals surface area contributed by atoms with E-state index >= 15 is 0 Å². The fraction of sp³-hybridized carbons (Fsp3) is 0.414. The second-order valence-corrected chi connectivity index (χ2v) is 14.2. The molecule has 254 valence electrons. The van der Waals surface area contributed by atoms with E-state index in [1.807, 2.05) is 37.6 Å². The third-order valence-electron chi connectivity index (χ3n) is 6.41. The van der Waals surface area contributed by atoms with Crippen molar-refractivity contribution in [3.05, 3.63) is 64.7 Å². The van der Waals surface area contributed by atoms with E-state index in [1.54, 1.807) is 12.1 Å². The average Bonchev–Trinajstić information content (AvgIpc) is 3.75. The molecule has 0 spiro atoms. The minimum absolute atomic E-state index is 0.0116. The van der Waals surface area contributed by atoms with Gasteiger partial charge in [0, 0.05) is 22.8 Å². The van der Waals surface area contributed by atoms with E-state index in [4.69, 9.17) is 21.1 Å². The molecular formula is C29H33ClF3N7O6S. The Morgan fingerprint density at radius 1 is 0.936 bits per heavy atom. The lowest BCUT2D eigenvalue weighted by atomic mass is 9.99. The third-order valence-corrected chi connectivity index (χ3v) is 7.90. The maximum atomic E-state index is 12.9. The number of sulfonamides is 1. The van der Waals surface area contributed by atoms with Gasteiger partial charge in [0.1, 0.15) is 0 Å². The van der Waals surface area contributed by atoms with E-state index in [2.05, 4.69) is 30.9 Å². The monoisotopic (exact) mass is 699 g/mol. The van der Waals surface area contributed by atoms with Gasteiger partial charge in [-0.1, -0.05) is 44.5 Å². The van der Waals surface area contributed by atoms with Crippen LogP contribution in [0.4, 0.5) is 35.5 Å². The van der Waals surface area contributed by atoms with Crippen molar-refractivity contribution in [1.82, 2.24) is 25.0 Å². The van der Waals surface area contributed by atoms with E-state index < -0.39 is 52.1 Å². The van der Waals surface area contributed by atoms with Gasteiger partial charge in [0.25, 0.3) is 5.91 Å². The Kier molecular flexibility index (Phi) is 10.7. The Hall–Kier alpha value is -4.38. The molecule has 2 aromatic carbocycles. The van der Waals surface area contributed by atoms with Gasteiger partial charge in [-0.3, -0.25) is 4.79 Å². The highest BCUT2D eigenvalue weighted by molar-refractivity contribution is 7.90. The zero-order valence-corrected chi connectivity index (χ0v) is 27.1. The molecule has 0 bridgehead atoms. The van der Waals surface area contributed by atoms with Gasteiger partial charge in [0.15, 0.2) is 6.61 Å². The molecule has 13 nitrogen and oxygen atoms in total. The first-order valence-electron chi connectivity index (χ1n) is 14.2. The molecule has 1 aromatic heterocycles. The Morgan fingerprint density at radius 2 is 1.57 bits per heavy atom. The lowest BCUT2D eigenvalue weighted by Gasteiger charge is -2.19. The predicted octanol–water partition coefficient (Wildman–Crippen LogP) is 5.14. The lowest BCUT2D eigenvalue weighted by molar-refractivity contribution is -0.154. The summed E-state index contributed by atoms with van der Waals surface area (Å²) in [6.45, 7) is 3.83. The van der Waals surface area contributed by atoms with Gasteiger partial charge in [-0.05, 0) is 60.2 Å². The smallest absolute Gasteiger partial charge is 0.422 e. The number of rotatable bonds is 13. The molecule has 4 N–H and O–H groups in total. The summed E-state index contributed by atoms with van der Waals surface area (Å²) in [5.74, 6) is -1.68. The molecule has 0 unspecified atom stereocenters. The number of anilines is 3. The maximum absolute atomic E-state index is 12.9. The molecule has 3 aromatic rings. The van der Waals surface area contributed by atoms with Gasteiger partial charge in [-0.2, -0.15) is 28.1 Å². The summed E-state index contributed by atoms with van der Waals surface area (Å²) in [6, 6.07) is 12.0. The Bertz CT molecular complexity index is 1680. The van der Waals surface area contributed by atoms with Crippen molar-refractivity contribution in [2.45, 2.75) is 45.3 Å². The Morgan fingerprint density at radius 3 is 2.17 bits per heavy atom. The Labute approximate surface area is 274 Å². The van der Waals surface area contributed by atoms with Gasteiger partial charge in [0.05, 0.1) is 17.9 Å². The molecule has 1 aliphatic carbocycles. The van der Waals surface area contributed by atoms with Gasteiger partial charge in [-0.15, -0.1) is 0 Å². The second-order valence-electron chi connectivity index (χ2n) is 11.9. The van der Waals surface area contributed by atoms with Crippen LogP contribution in [0.3, 0.4) is 0 Å². The predicted molar refractivity (Wildman–Crippen MR) is 167 cm³/mol. The zero-order valence-electron chi connectivity index (χ0n) is 25.6. The van der Waals surface area contributed by atoms with Crippen LogP contribution in [0.2, 0.25) is 5.02 Å². The highest BCUT2D eigenvalue weighted by Crippen LogP contribution is 2.48. The van der Waals surface area contributed by atoms with E-state index in [0.29, 0.717) is 23.6 Å².